The van der Waals surface area contributed by atoms with Crippen molar-refractivity contribution in [2.45, 2.75) is 19.5 Å². The summed E-state index contributed by atoms with van der Waals surface area (Å²) in [6.45, 7) is 2.53. The molecule has 0 radical (unpaired) electrons. The van der Waals surface area contributed by atoms with Crippen LogP contribution in [-0.2, 0) is 16.1 Å². The minimum absolute atomic E-state index is 0.309. The summed E-state index contributed by atoms with van der Waals surface area (Å²) in [4.78, 5) is 13.7. The van der Waals surface area contributed by atoms with Crippen molar-refractivity contribution >= 4 is 39.9 Å². The van der Waals surface area contributed by atoms with E-state index in [-0.39, 0.29) is 5.97 Å². The number of para-hydroxylation sites is 2. The van der Waals surface area contributed by atoms with Crippen LogP contribution in [0.3, 0.4) is 0 Å². The van der Waals surface area contributed by atoms with Crippen molar-refractivity contribution in [1.82, 2.24) is 4.57 Å². The van der Waals surface area contributed by atoms with E-state index in [9.17, 15) is 4.79 Å². The first-order chi connectivity index (χ1) is 16.1. The number of halogens is 1. The van der Waals surface area contributed by atoms with Gasteiger partial charge in [-0.15, -0.1) is 0 Å². The van der Waals surface area contributed by atoms with Gasteiger partial charge < -0.3 is 9.30 Å². The summed E-state index contributed by atoms with van der Waals surface area (Å²) in [7, 11) is 1.45. The van der Waals surface area contributed by atoms with Gasteiger partial charge in [-0.25, -0.2) is 0 Å². The fraction of sp³-hybridized carbons (Fsp3) is 0.185. The number of ether oxygens (including phenoxy) is 1. The number of hydrazone groups is 1. The topological polar surface area (TPSA) is 46.8 Å². The zero-order chi connectivity index (χ0) is 22.7. The number of aryl methyl sites for hydroxylation is 1. The van der Waals surface area contributed by atoms with E-state index in [0.29, 0.717) is 11.6 Å². The van der Waals surface area contributed by atoms with Gasteiger partial charge in [-0.05, 0) is 42.3 Å². The molecule has 3 aromatic carbocycles. The lowest BCUT2D eigenvalue weighted by molar-refractivity contribution is -0.149. The molecule has 1 aromatic heterocycles. The average molecular weight is 456 g/mol. The molecule has 0 saturated heterocycles. The lowest BCUT2D eigenvalue weighted by Crippen LogP contribution is -2.45. The van der Waals surface area contributed by atoms with Gasteiger partial charge in [0.25, 0.3) is 0 Å². The van der Waals surface area contributed by atoms with Crippen LogP contribution in [-0.4, -0.2) is 23.4 Å². The smallest absolute Gasteiger partial charge is 0.322 e. The third kappa shape index (κ3) is 2.60. The number of fused-ring (bicyclic) bond motifs is 5. The summed E-state index contributed by atoms with van der Waals surface area (Å²) in [5.41, 5.74) is 4.64. The number of benzene rings is 3. The number of aromatic nitrogens is 1. The minimum Gasteiger partial charge on any atom is -0.468 e. The van der Waals surface area contributed by atoms with Gasteiger partial charge in [0, 0.05) is 22.5 Å². The molecule has 164 valence electrons. The maximum atomic E-state index is 13.7. The fourth-order valence-corrected chi connectivity index (χ4v) is 5.78. The molecule has 2 atom stereocenters. The highest BCUT2D eigenvalue weighted by Crippen LogP contribution is 2.56. The van der Waals surface area contributed by atoms with Crippen LogP contribution < -0.4 is 5.01 Å². The van der Waals surface area contributed by atoms with Crippen molar-refractivity contribution in [3.8, 4) is 0 Å². The normalized spacial score (nSPS) is 21.1. The van der Waals surface area contributed by atoms with Crippen molar-refractivity contribution < 1.29 is 9.53 Å². The highest BCUT2D eigenvalue weighted by atomic mass is 35.5. The molecule has 0 spiro atoms. The average Bonchev–Trinajstić information content (AvgIpc) is 3.45. The van der Waals surface area contributed by atoms with Crippen molar-refractivity contribution in [3.05, 3.63) is 101 Å². The maximum Gasteiger partial charge on any atom is 0.322 e. The molecular weight excluding hydrogens is 434 g/mol. The molecule has 5 nitrogen and oxygen atoms in total. The molecule has 4 aromatic rings. The second-order valence-corrected chi connectivity index (χ2v) is 9.00. The molecule has 0 fully saturated rings. The summed E-state index contributed by atoms with van der Waals surface area (Å²) in [5.74, 6) is -0.309. The predicted octanol–water partition coefficient (Wildman–Crippen LogP) is 5.74. The number of esters is 1. The Morgan fingerprint density at radius 1 is 1.03 bits per heavy atom. The number of carbonyl (C=O) groups excluding carboxylic acids is 1. The molecule has 0 aliphatic carbocycles. The molecule has 6 rings (SSSR count). The molecule has 3 heterocycles. The Bertz CT molecular complexity index is 1440. The van der Waals surface area contributed by atoms with Crippen molar-refractivity contribution in [2.75, 3.05) is 12.1 Å². The first-order valence-electron chi connectivity index (χ1n) is 10.9. The SMILES string of the molecule is COC(=O)[C@@]12Cn3c(c(C)c4ccccc43)C1=NN(c1ccccc1)[C@@H]2c1ccccc1Cl. The van der Waals surface area contributed by atoms with Gasteiger partial charge in [0.1, 0.15) is 11.8 Å². The molecule has 2 aliphatic heterocycles. The summed E-state index contributed by atoms with van der Waals surface area (Å²) < 4.78 is 7.68. The van der Waals surface area contributed by atoms with Crippen LogP contribution in [0.1, 0.15) is 22.9 Å². The number of hydrogen-bond acceptors (Lipinski definition) is 4. The second kappa shape index (κ2) is 7.22. The fourth-order valence-electron chi connectivity index (χ4n) is 5.55. The number of anilines is 1. The Hall–Kier alpha value is -3.57. The lowest BCUT2D eigenvalue weighted by Gasteiger charge is -2.35. The van der Waals surface area contributed by atoms with Gasteiger partial charge in [-0.2, -0.15) is 5.10 Å². The first-order valence-corrected chi connectivity index (χ1v) is 11.3. The molecule has 6 heteroatoms. The monoisotopic (exact) mass is 455 g/mol. The Labute approximate surface area is 196 Å². The van der Waals surface area contributed by atoms with E-state index >= 15 is 0 Å². The van der Waals surface area contributed by atoms with Crippen LogP contribution in [0.15, 0.2) is 84.0 Å². The van der Waals surface area contributed by atoms with Crippen LogP contribution in [0.2, 0.25) is 5.02 Å². The van der Waals surface area contributed by atoms with Crippen LogP contribution >= 0.6 is 11.6 Å². The van der Waals surface area contributed by atoms with E-state index in [1.807, 2.05) is 71.7 Å². The van der Waals surface area contributed by atoms with Gasteiger partial charge in [-0.3, -0.25) is 9.80 Å². The van der Waals surface area contributed by atoms with E-state index in [0.717, 1.165) is 33.7 Å². The predicted molar refractivity (Wildman–Crippen MR) is 131 cm³/mol. The summed E-state index contributed by atoms with van der Waals surface area (Å²) in [6.07, 6.45) is 0. The lowest BCUT2D eigenvalue weighted by atomic mass is 9.74. The number of hydrogen-bond donors (Lipinski definition) is 0. The molecule has 33 heavy (non-hydrogen) atoms. The first kappa shape index (κ1) is 20.1. The zero-order valence-corrected chi connectivity index (χ0v) is 19.1. The van der Waals surface area contributed by atoms with Crippen molar-refractivity contribution in [3.63, 3.8) is 0 Å². The van der Waals surface area contributed by atoms with Crippen molar-refractivity contribution in [1.29, 1.82) is 0 Å². The summed E-state index contributed by atoms with van der Waals surface area (Å²) in [6, 6.07) is 25.4. The van der Waals surface area contributed by atoms with Gasteiger partial charge in [-0.1, -0.05) is 66.2 Å². The zero-order valence-electron chi connectivity index (χ0n) is 18.3. The molecule has 0 unspecified atom stereocenters. The summed E-state index contributed by atoms with van der Waals surface area (Å²) in [5, 5.41) is 8.83. The Balaban J connectivity index is 1.68. The molecule has 0 bridgehead atoms. The third-order valence-corrected chi connectivity index (χ3v) is 7.31. The third-order valence-electron chi connectivity index (χ3n) is 6.97. The minimum atomic E-state index is -1.03. The van der Waals surface area contributed by atoms with E-state index in [2.05, 4.69) is 23.6 Å². The van der Waals surface area contributed by atoms with Gasteiger partial charge in [0.2, 0.25) is 0 Å². The van der Waals surface area contributed by atoms with E-state index in [1.54, 1.807) is 0 Å². The van der Waals surface area contributed by atoms with E-state index in [1.165, 1.54) is 12.5 Å². The number of carbonyl (C=O) groups is 1. The van der Waals surface area contributed by atoms with Crippen LogP contribution in [0.4, 0.5) is 5.69 Å². The van der Waals surface area contributed by atoms with E-state index in [4.69, 9.17) is 21.4 Å². The van der Waals surface area contributed by atoms with Gasteiger partial charge in [0.05, 0.1) is 18.5 Å². The highest BCUT2D eigenvalue weighted by Gasteiger charge is 2.63. The highest BCUT2D eigenvalue weighted by molar-refractivity contribution is 6.31. The maximum absolute atomic E-state index is 13.7. The quantitative estimate of drug-likeness (QED) is 0.370. The number of rotatable bonds is 3. The molecular formula is C27H22ClN3O2. The van der Waals surface area contributed by atoms with Crippen LogP contribution in [0, 0.1) is 12.3 Å². The number of methoxy groups -OCH3 is 1. The standard InChI is InChI=1S/C27H22ClN3O2/c1-17-19-12-7-9-15-22(19)30-16-27(26(32)33-2)24(23(17)30)29-31(18-10-4-3-5-11-18)25(27)20-13-6-8-14-21(20)28/h3-15,25H,16H2,1-2H3/t25-,27+/m1/s1. The number of nitrogens with zero attached hydrogens (tertiary/aromatic N) is 3. The molecule has 2 aliphatic rings. The van der Waals surface area contributed by atoms with E-state index < -0.39 is 11.5 Å². The Kier molecular flexibility index (Phi) is 4.39. The van der Waals surface area contributed by atoms with Gasteiger partial charge >= 0.3 is 5.97 Å². The van der Waals surface area contributed by atoms with Crippen molar-refractivity contribution in [2.24, 2.45) is 10.5 Å². The summed E-state index contributed by atoms with van der Waals surface area (Å²) >= 11 is 6.73. The molecule has 0 amide bonds. The second-order valence-electron chi connectivity index (χ2n) is 8.59. The van der Waals surface area contributed by atoms with Gasteiger partial charge in [0.15, 0.2) is 5.41 Å². The Morgan fingerprint density at radius 2 is 1.73 bits per heavy atom. The molecule has 0 saturated carbocycles. The largest absolute Gasteiger partial charge is 0.468 e. The van der Waals surface area contributed by atoms with Crippen LogP contribution in [0.25, 0.3) is 10.9 Å². The van der Waals surface area contributed by atoms with Crippen LogP contribution in [0.5, 0.6) is 0 Å². The Morgan fingerprint density at radius 3 is 2.48 bits per heavy atom. The molecule has 0 N–H and O–H groups in total.